The molecule has 0 aliphatic carbocycles. The normalized spacial score (nSPS) is 10.5. The first kappa shape index (κ1) is 9.50. The zero-order valence-corrected chi connectivity index (χ0v) is 5.83. The van der Waals surface area contributed by atoms with Gasteiger partial charge < -0.3 is 0 Å². The summed E-state index contributed by atoms with van der Waals surface area (Å²) >= 11 is 0. The fourth-order valence-electron chi connectivity index (χ4n) is 0.325. The molecule has 0 unspecified atom stereocenters. The van der Waals surface area contributed by atoms with Crippen LogP contribution in [0.4, 0.5) is 4.39 Å². The molecule has 0 N–H and O–H groups in total. The van der Waals surface area contributed by atoms with Crippen LogP contribution in [0.1, 0.15) is 6.42 Å². The number of hydrogen-bond acceptors (Lipinski definition) is 3. The first-order valence-electron chi connectivity index (χ1n) is 2.95. The monoisotopic (exact) mass is 154 g/mol. The molecule has 0 spiro atoms. The third kappa shape index (κ3) is 6.38. The number of nitrogens with zero attached hydrogens (tertiary/aromatic N) is 2. The zero-order valence-electron chi connectivity index (χ0n) is 5.83. The SMILES string of the molecule is N#CCC=NC=CC(=O)CF. The molecule has 0 aromatic heterocycles. The third-order valence-electron chi connectivity index (χ3n) is 0.766. The summed E-state index contributed by atoms with van der Waals surface area (Å²) in [5.41, 5.74) is 0. The van der Waals surface area contributed by atoms with Crippen LogP contribution in [0.5, 0.6) is 0 Å². The highest BCUT2D eigenvalue weighted by molar-refractivity contribution is 5.90. The van der Waals surface area contributed by atoms with Crippen molar-refractivity contribution in [2.45, 2.75) is 6.42 Å². The van der Waals surface area contributed by atoms with E-state index in [1.54, 1.807) is 0 Å². The van der Waals surface area contributed by atoms with Gasteiger partial charge in [0.25, 0.3) is 0 Å². The summed E-state index contributed by atoms with van der Waals surface area (Å²) in [6, 6.07) is 1.83. The lowest BCUT2D eigenvalue weighted by Gasteiger charge is -1.78. The Morgan fingerprint density at radius 2 is 2.45 bits per heavy atom. The van der Waals surface area contributed by atoms with E-state index in [1.807, 2.05) is 6.07 Å². The van der Waals surface area contributed by atoms with Gasteiger partial charge in [0.2, 0.25) is 0 Å². The van der Waals surface area contributed by atoms with E-state index < -0.39 is 12.5 Å². The molecule has 3 nitrogen and oxygen atoms in total. The van der Waals surface area contributed by atoms with E-state index in [-0.39, 0.29) is 6.42 Å². The molecule has 0 aliphatic rings. The number of alkyl halides is 1. The van der Waals surface area contributed by atoms with E-state index in [4.69, 9.17) is 5.26 Å². The number of ketones is 1. The zero-order chi connectivity index (χ0) is 8.53. The third-order valence-corrected chi connectivity index (χ3v) is 0.766. The van der Waals surface area contributed by atoms with Gasteiger partial charge in [0, 0.05) is 18.5 Å². The number of rotatable bonds is 4. The Kier molecular flexibility index (Phi) is 5.72. The lowest BCUT2D eigenvalue weighted by Crippen LogP contribution is -1.92. The van der Waals surface area contributed by atoms with Crippen molar-refractivity contribution in [3.8, 4) is 6.07 Å². The minimum absolute atomic E-state index is 0.189. The predicted octanol–water partition coefficient (Wildman–Crippen LogP) is 1.02. The van der Waals surface area contributed by atoms with Crippen molar-refractivity contribution in [3.63, 3.8) is 0 Å². The molecule has 0 fully saturated rings. The van der Waals surface area contributed by atoms with Gasteiger partial charge in [0.1, 0.15) is 0 Å². The van der Waals surface area contributed by atoms with Crippen molar-refractivity contribution in [1.82, 2.24) is 0 Å². The Morgan fingerprint density at radius 1 is 1.73 bits per heavy atom. The predicted molar refractivity (Wildman–Crippen MR) is 38.8 cm³/mol. The van der Waals surface area contributed by atoms with Crippen LogP contribution in [0.2, 0.25) is 0 Å². The van der Waals surface area contributed by atoms with Crippen molar-refractivity contribution in [2.75, 3.05) is 6.67 Å². The molecule has 0 heterocycles. The largest absolute Gasteiger partial charge is 0.292 e. The molecule has 0 aromatic rings. The quantitative estimate of drug-likeness (QED) is 0.448. The first-order valence-corrected chi connectivity index (χ1v) is 2.95. The van der Waals surface area contributed by atoms with Gasteiger partial charge in [-0.1, -0.05) is 0 Å². The fourth-order valence-corrected chi connectivity index (χ4v) is 0.325. The van der Waals surface area contributed by atoms with Crippen LogP contribution >= 0.6 is 0 Å². The van der Waals surface area contributed by atoms with E-state index in [9.17, 15) is 9.18 Å². The van der Waals surface area contributed by atoms with Crippen LogP contribution in [0.3, 0.4) is 0 Å². The smallest absolute Gasteiger partial charge is 0.188 e. The summed E-state index contributed by atoms with van der Waals surface area (Å²) in [5.74, 6) is -0.626. The van der Waals surface area contributed by atoms with Gasteiger partial charge >= 0.3 is 0 Å². The first-order chi connectivity index (χ1) is 5.31. The molecule has 0 rings (SSSR count). The van der Waals surface area contributed by atoms with Gasteiger partial charge in [-0.15, -0.1) is 0 Å². The topological polar surface area (TPSA) is 53.2 Å². The molecule has 0 atom stereocenters. The molecule has 0 aliphatic heterocycles. The van der Waals surface area contributed by atoms with Crippen molar-refractivity contribution in [1.29, 1.82) is 5.26 Å². The summed E-state index contributed by atoms with van der Waals surface area (Å²) in [5, 5.41) is 8.03. The Labute approximate surface area is 63.9 Å². The van der Waals surface area contributed by atoms with Crippen LogP contribution in [0.15, 0.2) is 17.3 Å². The lowest BCUT2D eigenvalue weighted by atomic mass is 10.4. The molecular formula is C7H7FN2O. The maximum absolute atomic E-state index is 11.5. The Bertz CT molecular complexity index is 215. The fraction of sp³-hybridized carbons (Fsp3) is 0.286. The van der Waals surface area contributed by atoms with Crippen molar-refractivity contribution < 1.29 is 9.18 Å². The maximum Gasteiger partial charge on any atom is 0.188 e. The van der Waals surface area contributed by atoms with Crippen LogP contribution in [-0.2, 0) is 4.79 Å². The molecule has 0 bridgehead atoms. The number of carbonyl (C=O) groups is 1. The van der Waals surface area contributed by atoms with Gasteiger partial charge in [-0.2, -0.15) is 5.26 Å². The number of allylic oxidation sites excluding steroid dienone is 1. The molecular weight excluding hydrogens is 147 g/mol. The van der Waals surface area contributed by atoms with E-state index in [0.717, 1.165) is 6.08 Å². The van der Waals surface area contributed by atoms with E-state index in [0.29, 0.717) is 0 Å². The van der Waals surface area contributed by atoms with Gasteiger partial charge in [0.15, 0.2) is 12.5 Å². The Hall–Kier alpha value is -1.50. The number of hydrogen-bond donors (Lipinski definition) is 0. The van der Waals surface area contributed by atoms with Gasteiger partial charge in [0.05, 0.1) is 12.5 Å². The second kappa shape index (κ2) is 6.62. The highest BCUT2D eigenvalue weighted by Crippen LogP contribution is 1.80. The number of halogens is 1. The summed E-state index contributed by atoms with van der Waals surface area (Å²) in [7, 11) is 0. The number of aliphatic imine (C=N–C) groups is 1. The number of nitriles is 1. The summed E-state index contributed by atoms with van der Waals surface area (Å²) in [6.07, 6.45) is 3.71. The second-order valence-corrected chi connectivity index (χ2v) is 1.61. The minimum Gasteiger partial charge on any atom is -0.292 e. The summed E-state index contributed by atoms with van der Waals surface area (Å²) in [4.78, 5) is 13.8. The van der Waals surface area contributed by atoms with E-state index in [2.05, 4.69) is 4.99 Å². The molecule has 0 saturated heterocycles. The average molecular weight is 154 g/mol. The Morgan fingerprint density at radius 3 is 3.00 bits per heavy atom. The number of carbonyl (C=O) groups excluding carboxylic acids is 1. The minimum atomic E-state index is -1.01. The van der Waals surface area contributed by atoms with Crippen LogP contribution in [-0.4, -0.2) is 18.7 Å². The highest BCUT2D eigenvalue weighted by Gasteiger charge is 1.89. The van der Waals surface area contributed by atoms with Crippen LogP contribution in [0, 0.1) is 11.3 Å². The summed E-state index contributed by atoms with van der Waals surface area (Å²) in [6.45, 7) is -1.01. The van der Waals surface area contributed by atoms with Gasteiger partial charge in [-0.05, 0) is 0 Å². The highest BCUT2D eigenvalue weighted by atomic mass is 19.1. The molecule has 0 radical (unpaired) electrons. The van der Waals surface area contributed by atoms with Crippen LogP contribution < -0.4 is 0 Å². The van der Waals surface area contributed by atoms with Crippen molar-refractivity contribution in [3.05, 3.63) is 12.3 Å². The van der Waals surface area contributed by atoms with Crippen LogP contribution in [0.25, 0.3) is 0 Å². The Balaban J connectivity index is 3.61. The van der Waals surface area contributed by atoms with Gasteiger partial charge in [-0.25, -0.2) is 4.39 Å². The van der Waals surface area contributed by atoms with E-state index >= 15 is 0 Å². The molecule has 0 amide bonds. The maximum atomic E-state index is 11.5. The molecule has 4 heteroatoms. The van der Waals surface area contributed by atoms with Crippen molar-refractivity contribution in [2.24, 2.45) is 4.99 Å². The molecule has 0 saturated carbocycles. The second-order valence-electron chi connectivity index (χ2n) is 1.61. The van der Waals surface area contributed by atoms with Crippen molar-refractivity contribution >= 4 is 12.0 Å². The molecule has 58 valence electrons. The molecule has 0 aromatic carbocycles. The standard InChI is InChI=1S/C7H7FN2O/c8-6-7(11)2-5-10-4-1-3-9/h2,4-5H,1,6H2. The average Bonchev–Trinajstić information content (AvgIpc) is 2.04. The van der Waals surface area contributed by atoms with Gasteiger partial charge in [-0.3, -0.25) is 9.79 Å². The molecule has 11 heavy (non-hydrogen) atoms. The lowest BCUT2D eigenvalue weighted by molar-refractivity contribution is -0.115. The van der Waals surface area contributed by atoms with E-state index in [1.165, 1.54) is 12.4 Å². The summed E-state index contributed by atoms with van der Waals surface area (Å²) < 4.78 is 11.5.